The van der Waals surface area contributed by atoms with Gasteiger partial charge in [-0.3, -0.25) is 5.32 Å². The van der Waals surface area contributed by atoms with Crippen LogP contribution in [0.1, 0.15) is 59.3 Å². The third-order valence-electron chi connectivity index (χ3n) is 3.95. The van der Waals surface area contributed by atoms with E-state index in [-0.39, 0.29) is 17.2 Å². The Kier molecular flexibility index (Phi) is 5.06. The van der Waals surface area contributed by atoms with Crippen molar-refractivity contribution < 1.29 is 9.47 Å². The van der Waals surface area contributed by atoms with Gasteiger partial charge in [0, 0.05) is 12.5 Å². The molecule has 0 radical (unpaired) electrons. The minimum absolute atomic E-state index is 0.111. The monoisotopic (exact) mass is 280 g/mol. The van der Waals surface area contributed by atoms with E-state index in [0.29, 0.717) is 19.3 Å². The topological polar surface area (TPSA) is 54.3 Å². The van der Waals surface area contributed by atoms with Crippen molar-refractivity contribution >= 4 is 0 Å². The molecule has 1 N–H and O–H groups in total. The fourth-order valence-electron chi connectivity index (χ4n) is 2.81. The zero-order chi connectivity index (χ0) is 14.6. The summed E-state index contributed by atoms with van der Waals surface area (Å²) < 4.78 is 11.6. The van der Waals surface area contributed by atoms with Crippen LogP contribution in [0.2, 0.25) is 0 Å². The summed E-state index contributed by atoms with van der Waals surface area (Å²) in [4.78, 5) is 0. The second-order valence-electron chi connectivity index (χ2n) is 7.16. The first-order valence-electron chi connectivity index (χ1n) is 7.87. The molecule has 2 saturated carbocycles. The van der Waals surface area contributed by atoms with Crippen LogP contribution < -0.4 is 5.32 Å². The van der Waals surface area contributed by atoms with E-state index < -0.39 is 0 Å². The molecular weight excluding hydrogens is 252 g/mol. The molecule has 20 heavy (non-hydrogen) atoms. The minimum atomic E-state index is -0.352. The highest BCUT2D eigenvalue weighted by Gasteiger charge is 2.40. The van der Waals surface area contributed by atoms with Crippen LogP contribution in [-0.4, -0.2) is 36.5 Å². The van der Waals surface area contributed by atoms with Gasteiger partial charge < -0.3 is 9.47 Å². The second kappa shape index (κ2) is 6.43. The Hall–Kier alpha value is -0.630. The maximum Gasteiger partial charge on any atom is 0.109 e. The standard InChI is InChI=1S/C16H28N2O2/c1-15(2,3)20-10-9-19-14-5-4-8-16(11-14,12-17)18-13-6-7-13/h13-14,18H,4-11H2,1-3H3. The number of rotatable bonds is 6. The van der Waals surface area contributed by atoms with Gasteiger partial charge in [0.05, 0.1) is 31.0 Å². The fraction of sp³-hybridized carbons (Fsp3) is 0.938. The van der Waals surface area contributed by atoms with Crippen molar-refractivity contribution in [2.45, 2.75) is 82.6 Å². The van der Waals surface area contributed by atoms with Crippen molar-refractivity contribution in [1.29, 1.82) is 5.26 Å². The van der Waals surface area contributed by atoms with E-state index in [9.17, 15) is 5.26 Å². The fourth-order valence-corrected chi connectivity index (χ4v) is 2.81. The highest BCUT2D eigenvalue weighted by atomic mass is 16.5. The van der Waals surface area contributed by atoms with Gasteiger partial charge in [0.25, 0.3) is 0 Å². The molecule has 0 aromatic heterocycles. The van der Waals surface area contributed by atoms with Gasteiger partial charge in [-0.2, -0.15) is 5.26 Å². The molecule has 114 valence electrons. The summed E-state index contributed by atoms with van der Waals surface area (Å²) >= 11 is 0. The summed E-state index contributed by atoms with van der Waals surface area (Å²) in [7, 11) is 0. The first kappa shape index (κ1) is 15.8. The molecule has 0 aromatic rings. The van der Waals surface area contributed by atoms with Crippen LogP contribution in [0.15, 0.2) is 0 Å². The minimum Gasteiger partial charge on any atom is -0.376 e. The van der Waals surface area contributed by atoms with Crippen LogP contribution in [0.3, 0.4) is 0 Å². The molecule has 0 amide bonds. The number of hydrogen-bond acceptors (Lipinski definition) is 4. The number of ether oxygens (including phenoxy) is 2. The summed E-state index contributed by atoms with van der Waals surface area (Å²) in [6.07, 6.45) is 6.53. The van der Waals surface area contributed by atoms with Crippen molar-refractivity contribution in [2.24, 2.45) is 0 Å². The van der Waals surface area contributed by atoms with Crippen LogP contribution in [0, 0.1) is 11.3 Å². The third kappa shape index (κ3) is 5.05. The van der Waals surface area contributed by atoms with Crippen molar-refractivity contribution in [1.82, 2.24) is 5.32 Å². The molecule has 0 bridgehead atoms. The normalized spacial score (nSPS) is 31.0. The Morgan fingerprint density at radius 2 is 2.00 bits per heavy atom. The third-order valence-corrected chi connectivity index (χ3v) is 3.95. The van der Waals surface area contributed by atoms with Crippen LogP contribution in [-0.2, 0) is 9.47 Å². The summed E-state index contributed by atoms with van der Waals surface area (Å²) in [6, 6.07) is 3.08. The Balaban J connectivity index is 1.73. The number of nitrogens with one attached hydrogen (secondary N) is 1. The quantitative estimate of drug-likeness (QED) is 0.760. The molecule has 2 fully saturated rings. The molecule has 0 spiro atoms. The zero-order valence-corrected chi connectivity index (χ0v) is 13.1. The van der Waals surface area contributed by atoms with Gasteiger partial charge in [0.15, 0.2) is 0 Å². The maximum absolute atomic E-state index is 9.52. The lowest BCUT2D eigenvalue weighted by Crippen LogP contribution is -2.50. The van der Waals surface area contributed by atoms with E-state index in [0.717, 1.165) is 25.7 Å². The summed E-state index contributed by atoms with van der Waals surface area (Å²) in [5.74, 6) is 0. The molecule has 2 unspecified atom stereocenters. The molecule has 4 nitrogen and oxygen atoms in total. The van der Waals surface area contributed by atoms with Crippen LogP contribution in [0.25, 0.3) is 0 Å². The summed E-state index contributed by atoms with van der Waals surface area (Å²) in [5, 5.41) is 13.0. The number of hydrogen-bond donors (Lipinski definition) is 1. The molecule has 0 aliphatic heterocycles. The number of nitrogens with zero attached hydrogens (tertiary/aromatic N) is 1. The maximum atomic E-state index is 9.52. The Bertz CT molecular complexity index is 354. The van der Waals surface area contributed by atoms with Gasteiger partial charge in [-0.15, -0.1) is 0 Å². The predicted octanol–water partition coefficient (Wildman–Crippen LogP) is 2.78. The van der Waals surface area contributed by atoms with Crippen molar-refractivity contribution in [3.8, 4) is 6.07 Å². The lowest BCUT2D eigenvalue weighted by molar-refractivity contribution is -0.0627. The molecule has 2 rings (SSSR count). The lowest BCUT2D eigenvalue weighted by atomic mass is 9.81. The Morgan fingerprint density at radius 3 is 2.60 bits per heavy atom. The zero-order valence-electron chi connectivity index (χ0n) is 13.1. The average Bonchev–Trinajstić information content (AvgIpc) is 3.18. The van der Waals surface area contributed by atoms with E-state index in [1.54, 1.807) is 0 Å². The van der Waals surface area contributed by atoms with Gasteiger partial charge in [0.2, 0.25) is 0 Å². The largest absolute Gasteiger partial charge is 0.376 e. The first-order chi connectivity index (χ1) is 9.42. The highest BCUT2D eigenvalue weighted by Crippen LogP contribution is 2.33. The van der Waals surface area contributed by atoms with Gasteiger partial charge in [-0.25, -0.2) is 0 Å². The summed E-state index contributed by atoms with van der Waals surface area (Å²) in [6.45, 7) is 7.39. The van der Waals surface area contributed by atoms with E-state index in [2.05, 4.69) is 11.4 Å². The SMILES string of the molecule is CC(C)(C)OCCOC1CCCC(C#N)(NC2CC2)C1. The second-order valence-corrected chi connectivity index (χ2v) is 7.16. The molecule has 2 aliphatic carbocycles. The predicted molar refractivity (Wildman–Crippen MR) is 78.4 cm³/mol. The average molecular weight is 280 g/mol. The molecule has 4 heteroatoms. The number of nitriles is 1. The molecule has 0 aromatic carbocycles. The Labute approximate surface area is 122 Å². The highest BCUT2D eigenvalue weighted by molar-refractivity contribution is 5.12. The smallest absolute Gasteiger partial charge is 0.109 e. The first-order valence-corrected chi connectivity index (χ1v) is 7.87. The van der Waals surface area contributed by atoms with Crippen LogP contribution in [0.5, 0.6) is 0 Å². The van der Waals surface area contributed by atoms with Gasteiger partial charge in [0.1, 0.15) is 5.54 Å². The van der Waals surface area contributed by atoms with E-state index in [1.165, 1.54) is 12.8 Å². The van der Waals surface area contributed by atoms with Gasteiger partial charge in [-0.05, 0) is 52.9 Å². The van der Waals surface area contributed by atoms with E-state index >= 15 is 0 Å². The van der Waals surface area contributed by atoms with Gasteiger partial charge in [-0.1, -0.05) is 0 Å². The van der Waals surface area contributed by atoms with Crippen molar-refractivity contribution in [3.63, 3.8) is 0 Å². The molecule has 2 aliphatic rings. The van der Waals surface area contributed by atoms with E-state index in [4.69, 9.17) is 9.47 Å². The molecular formula is C16H28N2O2. The molecule has 0 saturated heterocycles. The summed E-state index contributed by atoms with van der Waals surface area (Å²) in [5.41, 5.74) is -0.463. The van der Waals surface area contributed by atoms with Gasteiger partial charge >= 0.3 is 0 Å². The van der Waals surface area contributed by atoms with Crippen LogP contribution in [0.4, 0.5) is 0 Å². The Morgan fingerprint density at radius 1 is 1.25 bits per heavy atom. The molecule has 2 atom stereocenters. The lowest BCUT2D eigenvalue weighted by Gasteiger charge is -2.36. The van der Waals surface area contributed by atoms with Crippen LogP contribution >= 0.6 is 0 Å². The van der Waals surface area contributed by atoms with E-state index in [1.807, 2.05) is 20.8 Å². The molecule has 0 heterocycles. The van der Waals surface area contributed by atoms with Crippen molar-refractivity contribution in [3.05, 3.63) is 0 Å². The van der Waals surface area contributed by atoms with Crippen molar-refractivity contribution in [2.75, 3.05) is 13.2 Å².